The van der Waals surface area contributed by atoms with Gasteiger partial charge in [-0.3, -0.25) is 14.2 Å². The summed E-state index contributed by atoms with van der Waals surface area (Å²) >= 11 is 0. The standard InChI is InChI=1S/C21H22N2O3/c1-13-8-6-7-11-16(13)19(24)18-14(2)17(12-22)20(25)23(21(18)26)15-9-4-3-5-10-15/h6-8,11,15,26H,3-5,9-10H2,1-2H3. The van der Waals surface area contributed by atoms with Crippen LogP contribution >= 0.6 is 0 Å². The molecule has 0 atom stereocenters. The van der Waals surface area contributed by atoms with Crippen LogP contribution in [0.1, 0.15) is 70.8 Å². The average Bonchev–Trinajstić information content (AvgIpc) is 2.63. The quantitative estimate of drug-likeness (QED) is 0.854. The van der Waals surface area contributed by atoms with Crippen molar-refractivity contribution in [1.29, 1.82) is 5.26 Å². The Kier molecular flexibility index (Phi) is 4.94. The van der Waals surface area contributed by atoms with E-state index in [0.29, 0.717) is 5.56 Å². The van der Waals surface area contributed by atoms with Crippen LogP contribution in [0.4, 0.5) is 0 Å². The molecule has 0 unspecified atom stereocenters. The van der Waals surface area contributed by atoms with Crippen molar-refractivity contribution in [3.63, 3.8) is 0 Å². The summed E-state index contributed by atoms with van der Waals surface area (Å²) in [7, 11) is 0. The normalized spacial score (nSPS) is 14.8. The second kappa shape index (κ2) is 7.17. The number of nitrogens with zero attached hydrogens (tertiary/aromatic N) is 2. The van der Waals surface area contributed by atoms with Crippen molar-refractivity contribution in [3.8, 4) is 11.9 Å². The van der Waals surface area contributed by atoms with E-state index < -0.39 is 5.56 Å². The molecule has 1 aromatic heterocycles. The molecule has 134 valence electrons. The maximum Gasteiger partial charge on any atom is 0.271 e. The molecule has 0 saturated heterocycles. The van der Waals surface area contributed by atoms with E-state index in [9.17, 15) is 20.0 Å². The van der Waals surface area contributed by atoms with Gasteiger partial charge in [-0.1, -0.05) is 43.5 Å². The Bertz CT molecular complexity index is 960. The number of hydrogen-bond acceptors (Lipinski definition) is 4. The Morgan fingerprint density at radius 3 is 2.46 bits per heavy atom. The van der Waals surface area contributed by atoms with E-state index in [0.717, 1.165) is 37.7 Å². The number of pyridine rings is 1. The fraction of sp³-hybridized carbons (Fsp3) is 0.381. The number of aryl methyl sites for hydroxylation is 1. The van der Waals surface area contributed by atoms with Crippen molar-refractivity contribution in [2.45, 2.75) is 52.0 Å². The molecular weight excluding hydrogens is 328 g/mol. The van der Waals surface area contributed by atoms with Gasteiger partial charge in [-0.25, -0.2) is 0 Å². The Morgan fingerprint density at radius 2 is 1.85 bits per heavy atom. The topological polar surface area (TPSA) is 83.1 Å². The monoisotopic (exact) mass is 350 g/mol. The predicted octanol–water partition coefficient (Wildman–Crippen LogP) is 3.78. The highest BCUT2D eigenvalue weighted by molar-refractivity contribution is 6.12. The number of hydrogen-bond donors (Lipinski definition) is 1. The molecule has 26 heavy (non-hydrogen) atoms. The third kappa shape index (κ3) is 2.92. The maximum atomic E-state index is 13.1. The maximum absolute atomic E-state index is 13.1. The van der Waals surface area contributed by atoms with Gasteiger partial charge in [-0.2, -0.15) is 5.26 Å². The van der Waals surface area contributed by atoms with Gasteiger partial charge in [0, 0.05) is 11.6 Å². The predicted molar refractivity (Wildman–Crippen MR) is 98.6 cm³/mol. The van der Waals surface area contributed by atoms with Crippen LogP contribution in [-0.2, 0) is 0 Å². The van der Waals surface area contributed by atoms with E-state index in [1.807, 2.05) is 25.1 Å². The highest BCUT2D eigenvalue weighted by Crippen LogP contribution is 2.33. The van der Waals surface area contributed by atoms with Crippen LogP contribution < -0.4 is 5.56 Å². The highest BCUT2D eigenvalue weighted by Gasteiger charge is 2.29. The second-order valence-electron chi connectivity index (χ2n) is 6.92. The molecule has 5 nitrogen and oxygen atoms in total. The number of carbonyl (C=O) groups is 1. The average molecular weight is 350 g/mol. The molecule has 1 N–H and O–H groups in total. The first-order chi connectivity index (χ1) is 12.5. The van der Waals surface area contributed by atoms with Crippen LogP contribution in [0.5, 0.6) is 5.88 Å². The lowest BCUT2D eigenvalue weighted by molar-refractivity contribution is 0.103. The summed E-state index contributed by atoms with van der Waals surface area (Å²) < 4.78 is 1.27. The van der Waals surface area contributed by atoms with Crippen LogP contribution in [0.25, 0.3) is 0 Å². The van der Waals surface area contributed by atoms with Crippen molar-refractivity contribution in [2.24, 2.45) is 0 Å². The molecule has 0 aliphatic heterocycles. The Morgan fingerprint density at radius 1 is 1.19 bits per heavy atom. The van der Waals surface area contributed by atoms with E-state index in [1.54, 1.807) is 19.1 Å². The first-order valence-electron chi connectivity index (χ1n) is 8.95. The first kappa shape index (κ1) is 17.9. The lowest BCUT2D eigenvalue weighted by Crippen LogP contribution is -2.31. The zero-order valence-corrected chi connectivity index (χ0v) is 15.1. The fourth-order valence-corrected chi connectivity index (χ4v) is 3.83. The van der Waals surface area contributed by atoms with E-state index in [4.69, 9.17) is 0 Å². The fourth-order valence-electron chi connectivity index (χ4n) is 3.83. The highest BCUT2D eigenvalue weighted by atomic mass is 16.3. The summed E-state index contributed by atoms with van der Waals surface area (Å²) in [5.41, 5.74) is 0.978. The lowest BCUT2D eigenvalue weighted by atomic mass is 9.92. The summed E-state index contributed by atoms with van der Waals surface area (Å²) in [4.78, 5) is 25.9. The van der Waals surface area contributed by atoms with Gasteiger partial charge in [-0.05, 0) is 37.8 Å². The van der Waals surface area contributed by atoms with E-state index in [2.05, 4.69) is 0 Å². The first-order valence-corrected chi connectivity index (χ1v) is 8.95. The minimum Gasteiger partial charge on any atom is -0.494 e. The molecular formula is C21H22N2O3. The summed E-state index contributed by atoms with van der Waals surface area (Å²) in [5, 5.41) is 20.4. The van der Waals surface area contributed by atoms with Crippen LogP contribution in [0, 0.1) is 25.2 Å². The summed E-state index contributed by atoms with van der Waals surface area (Å²) in [6.07, 6.45) is 4.55. The zero-order chi connectivity index (χ0) is 18.8. The minimum absolute atomic E-state index is 0.0565. The Hall–Kier alpha value is -2.87. The number of carbonyl (C=O) groups excluding carboxylic acids is 1. The van der Waals surface area contributed by atoms with Gasteiger partial charge in [0.15, 0.2) is 5.78 Å². The number of aromatic nitrogens is 1. The molecule has 0 amide bonds. The molecule has 0 bridgehead atoms. The van der Waals surface area contributed by atoms with E-state index >= 15 is 0 Å². The van der Waals surface area contributed by atoms with E-state index in [-0.39, 0.29) is 34.4 Å². The molecule has 1 heterocycles. The molecule has 3 rings (SSSR count). The summed E-state index contributed by atoms with van der Waals surface area (Å²) in [6, 6.07) is 8.87. The second-order valence-corrected chi connectivity index (χ2v) is 6.92. The third-order valence-corrected chi connectivity index (χ3v) is 5.30. The van der Waals surface area contributed by atoms with Crippen molar-refractivity contribution in [1.82, 2.24) is 4.57 Å². The molecule has 1 saturated carbocycles. The number of aromatic hydroxyl groups is 1. The number of ketones is 1. The molecule has 0 radical (unpaired) electrons. The molecule has 1 aliphatic rings. The molecule has 0 spiro atoms. The van der Waals surface area contributed by atoms with Gasteiger partial charge in [0.1, 0.15) is 11.6 Å². The van der Waals surface area contributed by atoms with Gasteiger partial charge in [0.05, 0.1) is 5.56 Å². The van der Waals surface area contributed by atoms with Gasteiger partial charge in [-0.15, -0.1) is 0 Å². The van der Waals surface area contributed by atoms with Crippen LogP contribution in [0.15, 0.2) is 29.1 Å². The number of benzene rings is 1. The van der Waals surface area contributed by atoms with Crippen LogP contribution in [0.2, 0.25) is 0 Å². The molecule has 1 aliphatic carbocycles. The molecule has 5 heteroatoms. The van der Waals surface area contributed by atoms with Crippen molar-refractivity contribution in [2.75, 3.05) is 0 Å². The summed E-state index contributed by atoms with van der Waals surface area (Å²) in [5.74, 6) is -0.675. The smallest absolute Gasteiger partial charge is 0.271 e. The number of nitriles is 1. The van der Waals surface area contributed by atoms with Crippen molar-refractivity contribution < 1.29 is 9.90 Å². The van der Waals surface area contributed by atoms with Crippen molar-refractivity contribution in [3.05, 3.63) is 62.4 Å². The molecule has 2 aromatic rings. The van der Waals surface area contributed by atoms with Crippen LogP contribution in [0.3, 0.4) is 0 Å². The van der Waals surface area contributed by atoms with Crippen LogP contribution in [-0.4, -0.2) is 15.5 Å². The third-order valence-electron chi connectivity index (χ3n) is 5.30. The minimum atomic E-state index is -0.504. The van der Waals surface area contributed by atoms with Crippen molar-refractivity contribution >= 4 is 5.78 Å². The lowest BCUT2D eigenvalue weighted by Gasteiger charge is -2.26. The number of rotatable bonds is 3. The van der Waals surface area contributed by atoms with Gasteiger partial charge >= 0.3 is 0 Å². The van der Waals surface area contributed by atoms with E-state index in [1.165, 1.54) is 4.57 Å². The van der Waals surface area contributed by atoms with Gasteiger partial charge < -0.3 is 5.11 Å². The zero-order valence-electron chi connectivity index (χ0n) is 15.1. The Balaban J connectivity index is 2.25. The SMILES string of the molecule is Cc1ccccc1C(=O)c1c(C)c(C#N)c(=O)n(C2CCCCC2)c1O. The molecule has 1 fully saturated rings. The Labute approximate surface area is 152 Å². The molecule has 1 aromatic carbocycles. The largest absolute Gasteiger partial charge is 0.494 e. The summed E-state index contributed by atoms with van der Waals surface area (Å²) in [6.45, 7) is 3.37. The van der Waals surface area contributed by atoms with Gasteiger partial charge in [0.2, 0.25) is 5.88 Å². The van der Waals surface area contributed by atoms with Gasteiger partial charge in [0.25, 0.3) is 5.56 Å².